The maximum Gasteiger partial charge on any atom is 0.435 e. The van der Waals surface area contributed by atoms with E-state index in [2.05, 4.69) is 20.3 Å². The molecule has 0 spiro atoms. The molecule has 0 radical (unpaired) electrons. The molecule has 9 nitrogen and oxygen atoms in total. The fourth-order valence-corrected chi connectivity index (χ4v) is 2.95. The first-order valence-electron chi connectivity index (χ1n) is 8.15. The van der Waals surface area contributed by atoms with Crippen LogP contribution in [0.15, 0.2) is 39.5 Å². The normalized spacial score (nSPS) is 11.9. The molecule has 4 N–H and O–H groups in total. The summed E-state index contributed by atoms with van der Waals surface area (Å²) in [6, 6.07) is 7.81. The number of aromatic nitrogens is 5. The van der Waals surface area contributed by atoms with Crippen LogP contribution in [0, 0.1) is 12.3 Å². The number of nitrogen functional groups attached to an aromatic ring is 1. The smallest absolute Gasteiger partial charge is 0.413 e. The highest BCUT2D eigenvalue weighted by Gasteiger charge is 2.39. The first-order chi connectivity index (χ1) is 13.7. The molecule has 0 aliphatic rings. The van der Waals surface area contributed by atoms with Crippen LogP contribution in [-0.4, -0.2) is 30.6 Å². The van der Waals surface area contributed by atoms with E-state index in [1.165, 1.54) is 19.1 Å². The number of aromatic amines is 1. The summed E-state index contributed by atoms with van der Waals surface area (Å²) in [5.41, 5.74) is 3.06. The second-order valence-corrected chi connectivity index (χ2v) is 6.10. The number of hydrogen-bond donors (Lipinski definition) is 3. The van der Waals surface area contributed by atoms with Gasteiger partial charge in [-0.3, -0.25) is 10.2 Å². The Bertz CT molecular complexity index is 1300. The molecule has 0 saturated heterocycles. The highest BCUT2D eigenvalue weighted by molar-refractivity contribution is 5.90. The molecule has 0 amide bonds. The maximum atomic E-state index is 13.7. The fraction of sp³-hybridized carbons (Fsp3) is 0.118. The van der Waals surface area contributed by atoms with Gasteiger partial charge < -0.3 is 15.1 Å². The minimum absolute atomic E-state index is 0.124. The van der Waals surface area contributed by atoms with E-state index < -0.39 is 23.3 Å². The van der Waals surface area contributed by atoms with Crippen LogP contribution < -0.4 is 11.3 Å². The third kappa shape index (κ3) is 2.94. The molecule has 12 heteroatoms. The lowest BCUT2D eigenvalue weighted by atomic mass is 10.1. The van der Waals surface area contributed by atoms with Crippen molar-refractivity contribution in [1.29, 1.82) is 5.41 Å². The average Bonchev–Trinajstić information content (AvgIpc) is 3.27. The lowest BCUT2D eigenvalue weighted by Crippen LogP contribution is -2.20. The highest BCUT2D eigenvalue weighted by Crippen LogP contribution is 2.38. The van der Waals surface area contributed by atoms with Crippen molar-refractivity contribution >= 4 is 11.5 Å². The summed E-state index contributed by atoms with van der Waals surface area (Å²) in [6.45, 7) is 1.48. The Morgan fingerprint density at radius 1 is 1.21 bits per heavy atom. The Kier molecular flexibility index (Phi) is 3.99. The fourth-order valence-electron chi connectivity index (χ4n) is 2.95. The van der Waals surface area contributed by atoms with Crippen LogP contribution >= 0.6 is 0 Å². The summed E-state index contributed by atoms with van der Waals surface area (Å²) in [6.07, 6.45) is -4.79. The van der Waals surface area contributed by atoms with Crippen molar-refractivity contribution in [3.05, 3.63) is 58.0 Å². The van der Waals surface area contributed by atoms with E-state index in [1.807, 2.05) is 0 Å². The number of alkyl halides is 3. The molecule has 0 atom stereocenters. The summed E-state index contributed by atoms with van der Waals surface area (Å²) in [5.74, 6) is -1.12. The molecule has 4 aromatic rings. The molecule has 0 aliphatic carbocycles. The molecular formula is C17H12F3N7O2. The zero-order chi connectivity index (χ0) is 20.9. The third-order valence-corrected chi connectivity index (χ3v) is 4.17. The monoisotopic (exact) mass is 403 g/mol. The Labute approximate surface area is 159 Å². The lowest BCUT2D eigenvalue weighted by molar-refractivity contribution is -0.140. The van der Waals surface area contributed by atoms with Crippen molar-refractivity contribution in [1.82, 2.24) is 24.8 Å². The first-order valence-corrected chi connectivity index (χ1v) is 8.15. The van der Waals surface area contributed by atoms with Gasteiger partial charge in [0.05, 0.1) is 5.56 Å². The zero-order valence-corrected chi connectivity index (χ0v) is 14.7. The van der Waals surface area contributed by atoms with E-state index in [-0.39, 0.29) is 39.8 Å². The number of fused-ring (bicyclic) bond motifs is 1. The topological polar surface area (TPSA) is 139 Å². The molecule has 3 aromatic heterocycles. The minimum atomic E-state index is -4.79. The number of rotatable bonds is 3. The Morgan fingerprint density at radius 2 is 1.90 bits per heavy atom. The number of amidine groups is 1. The van der Waals surface area contributed by atoms with Gasteiger partial charge in [0.25, 0.3) is 17.3 Å². The van der Waals surface area contributed by atoms with Gasteiger partial charge in [-0.1, -0.05) is 30.3 Å². The van der Waals surface area contributed by atoms with Crippen LogP contribution in [0.5, 0.6) is 0 Å². The van der Waals surface area contributed by atoms with Crippen LogP contribution in [0.1, 0.15) is 17.3 Å². The van der Waals surface area contributed by atoms with Gasteiger partial charge in [-0.05, 0) is 12.5 Å². The summed E-state index contributed by atoms with van der Waals surface area (Å²) in [7, 11) is 0. The van der Waals surface area contributed by atoms with E-state index in [0.717, 1.165) is 0 Å². The molecule has 0 unspecified atom stereocenters. The number of aryl methyl sites for hydroxylation is 1. The first kappa shape index (κ1) is 18.4. The van der Waals surface area contributed by atoms with E-state index in [9.17, 15) is 18.0 Å². The minimum Gasteiger partial charge on any atom is -0.413 e. The van der Waals surface area contributed by atoms with Crippen LogP contribution in [0.2, 0.25) is 0 Å². The third-order valence-electron chi connectivity index (χ3n) is 4.17. The quantitative estimate of drug-likeness (QED) is 0.354. The standard InChI is InChI=1S/C17H12F3N7O2/c1-7-9(14-24-25-15(29-14)12(21)22)16(28)27-13(23-7)10(8-5-3-2-4-6-8)11(26-27)17(18,19)20/h2-6,23H,1H3,(H3,21,22). The lowest BCUT2D eigenvalue weighted by Gasteiger charge is -2.07. The number of benzene rings is 1. The van der Waals surface area contributed by atoms with E-state index in [4.69, 9.17) is 15.6 Å². The molecular weight excluding hydrogens is 391 g/mol. The van der Waals surface area contributed by atoms with Crippen molar-refractivity contribution < 1.29 is 17.6 Å². The Morgan fingerprint density at radius 3 is 2.48 bits per heavy atom. The predicted octanol–water partition coefficient (Wildman–Crippen LogP) is 2.35. The van der Waals surface area contributed by atoms with E-state index >= 15 is 0 Å². The van der Waals surface area contributed by atoms with Crippen LogP contribution in [0.4, 0.5) is 13.2 Å². The number of nitrogens with one attached hydrogen (secondary N) is 2. The molecule has 148 valence electrons. The average molecular weight is 403 g/mol. The second kappa shape index (κ2) is 6.29. The molecule has 3 heterocycles. The van der Waals surface area contributed by atoms with E-state index in [0.29, 0.717) is 4.52 Å². The highest BCUT2D eigenvalue weighted by atomic mass is 19.4. The molecule has 29 heavy (non-hydrogen) atoms. The number of nitrogens with two attached hydrogens (primary N) is 1. The van der Waals surface area contributed by atoms with Gasteiger partial charge in [-0.2, -0.15) is 22.8 Å². The number of nitrogens with zero attached hydrogens (tertiary/aromatic N) is 4. The van der Waals surface area contributed by atoms with Crippen molar-refractivity contribution in [3.63, 3.8) is 0 Å². The van der Waals surface area contributed by atoms with Crippen LogP contribution in [0.3, 0.4) is 0 Å². The van der Waals surface area contributed by atoms with Gasteiger partial charge in [0.15, 0.2) is 11.5 Å². The van der Waals surface area contributed by atoms with E-state index in [1.54, 1.807) is 18.2 Å². The molecule has 0 saturated carbocycles. The number of H-pyrrole nitrogens is 1. The van der Waals surface area contributed by atoms with Crippen molar-refractivity contribution in [2.45, 2.75) is 13.1 Å². The predicted molar refractivity (Wildman–Crippen MR) is 95.3 cm³/mol. The van der Waals surface area contributed by atoms with Gasteiger partial charge in [0.1, 0.15) is 11.2 Å². The second-order valence-electron chi connectivity index (χ2n) is 6.10. The Balaban J connectivity index is 2.05. The van der Waals surface area contributed by atoms with Gasteiger partial charge >= 0.3 is 6.18 Å². The van der Waals surface area contributed by atoms with Crippen molar-refractivity contribution in [2.75, 3.05) is 0 Å². The SMILES string of the molecule is Cc1[nH]c2c(-c3ccccc3)c(C(F)(F)F)nn2c(=O)c1-c1nnc(C(=N)N)o1. The molecule has 1 aromatic carbocycles. The summed E-state index contributed by atoms with van der Waals surface area (Å²) in [5, 5.41) is 18.0. The van der Waals surface area contributed by atoms with Gasteiger partial charge in [-0.25, -0.2) is 0 Å². The molecule has 4 rings (SSSR count). The molecule has 0 fully saturated rings. The maximum absolute atomic E-state index is 13.7. The largest absolute Gasteiger partial charge is 0.435 e. The van der Waals surface area contributed by atoms with Crippen molar-refractivity contribution in [2.24, 2.45) is 5.73 Å². The van der Waals surface area contributed by atoms with Crippen LogP contribution in [0.25, 0.3) is 28.2 Å². The zero-order valence-electron chi connectivity index (χ0n) is 14.7. The summed E-state index contributed by atoms with van der Waals surface area (Å²) >= 11 is 0. The van der Waals surface area contributed by atoms with Gasteiger partial charge in [0.2, 0.25) is 0 Å². The number of halogens is 3. The Hall–Kier alpha value is -3.96. The molecule has 0 aliphatic heterocycles. The number of hydrogen-bond acceptors (Lipinski definition) is 6. The van der Waals surface area contributed by atoms with Crippen molar-refractivity contribution in [3.8, 4) is 22.6 Å². The van der Waals surface area contributed by atoms with Gasteiger partial charge in [-0.15, -0.1) is 10.2 Å². The summed E-state index contributed by atoms with van der Waals surface area (Å²) in [4.78, 5) is 15.7. The van der Waals surface area contributed by atoms with Crippen LogP contribution in [-0.2, 0) is 6.18 Å². The summed E-state index contributed by atoms with van der Waals surface area (Å²) < 4.78 is 46.7. The van der Waals surface area contributed by atoms with Gasteiger partial charge in [0, 0.05) is 5.69 Å². The molecule has 0 bridgehead atoms.